The van der Waals surface area contributed by atoms with E-state index in [1.165, 1.54) is 11.1 Å². The van der Waals surface area contributed by atoms with Gasteiger partial charge in [-0.05, 0) is 37.6 Å². The summed E-state index contributed by atoms with van der Waals surface area (Å²) in [7, 11) is 3.21. The molecule has 6 heteroatoms. The molecular weight excluding hydrogens is 318 g/mol. The molecule has 0 radical (unpaired) electrons. The fraction of sp³-hybridized carbons (Fsp3) is 0.263. The van der Waals surface area contributed by atoms with Crippen molar-refractivity contribution in [3.63, 3.8) is 0 Å². The topological polar surface area (TPSA) is 69.4 Å². The molecule has 1 N–H and O–H groups in total. The van der Waals surface area contributed by atoms with Crippen LogP contribution in [0.1, 0.15) is 17.0 Å². The van der Waals surface area contributed by atoms with E-state index in [0.717, 1.165) is 11.3 Å². The molecule has 3 rings (SSSR count). The highest BCUT2D eigenvalue weighted by Gasteiger charge is 2.14. The quantitative estimate of drug-likeness (QED) is 0.732. The highest BCUT2D eigenvalue weighted by atomic mass is 16.5. The van der Waals surface area contributed by atoms with Gasteiger partial charge in [0.15, 0.2) is 0 Å². The fourth-order valence-corrected chi connectivity index (χ4v) is 2.60. The average Bonchev–Trinajstić information content (AvgIpc) is 3.09. The van der Waals surface area contributed by atoms with Crippen molar-refractivity contribution in [3.05, 3.63) is 53.4 Å². The Labute approximate surface area is 146 Å². The molecule has 1 heterocycles. The maximum atomic E-state index is 5.39. The molecule has 0 bridgehead atoms. The Morgan fingerprint density at radius 3 is 2.60 bits per heavy atom. The second-order valence-corrected chi connectivity index (χ2v) is 5.75. The molecule has 0 spiro atoms. The summed E-state index contributed by atoms with van der Waals surface area (Å²) in [5, 5.41) is 7.37. The van der Waals surface area contributed by atoms with E-state index >= 15 is 0 Å². The van der Waals surface area contributed by atoms with Crippen LogP contribution in [0, 0.1) is 13.8 Å². The fourth-order valence-electron chi connectivity index (χ4n) is 2.60. The monoisotopic (exact) mass is 339 g/mol. The summed E-state index contributed by atoms with van der Waals surface area (Å²) in [5.41, 5.74) is 4.21. The molecule has 0 amide bonds. The highest BCUT2D eigenvalue weighted by molar-refractivity contribution is 5.65. The zero-order valence-corrected chi connectivity index (χ0v) is 14.8. The summed E-state index contributed by atoms with van der Waals surface area (Å²) < 4.78 is 15.9. The average molecular weight is 339 g/mol. The van der Waals surface area contributed by atoms with Gasteiger partial charge in [-0.2, -0.15) is 4.98 Å². The van der Waals surface area contributed by atoms with E-state index in [0.29, 0.717) is 29.8 Å². The van der Waals surface area contributed by atoms with Gasteiger partial charge in [0.1, 0.15) is 11.5 Å². The van der Waals surface area contributed by atoms with Crippen molar-refractivity contribution in [2.45, 2.75) is 20.4 Å². The minimum absolute atomic E-state index is 0.454. The first kappa shape index (κ1) is 16.8. The maximum absolute atomic E-state index is 5.39. The third-order valence-electron chi connectivity index (χ3n) is 3.93. The van der Waals surface area contributed by atoms with Crippen molar-refractivity contribution >= 4 is 5.69 Å². The Balaban J connectivity index is 1.76. The van der Waals surface area contributed by atoms with Gasteiger partial charge in [0.25, 0.3) is 0 Å². The number of anilines is 1. The third kappa shape index (κ3) is 3.74. The summed E-state index contributed by atoms with van der Waals surface area (Å²) in [6.45, 7) is 4.59. The summed E-state index contributed by atoms with van der Waals surface area (Å²) in [4.78, 5) is 4.45. The van der Waals surface area contributed by atoms with E-state index in [9.17, 15) is 0 Å². The Kier molecular flexibility index (Phi) is 4.88. The van der Waals surface area contributed by atoms with E-state index in [4.69, 9.17) is 14.0 Å². The molecule has 0 saturated carbocycles. The second kappa shape index (κ2) is 7.25. The molecule has 1 aromatic heterocycles. The lowest BCUT2D eigenvalue weighted by molar-refractivity contribution is 0.382. The predicted molar refractivity (Wildman–Crippen MR) is 96.1 cm³/mol. The van der Waals surface area contributed by atoms with Crippen LogP contribution in [0.15, 0.2) is 40.9 Å². The predicted octanol–water partition coefficient (Wildman–Crippen LogP) is 3.98. The van der Waals surface area contributed by atoms with E-state index in [2.05, 4.69) is 47.5 Å². The molecule has 0 aliphatic carbocycles. The lowest BCUT2D eigenvalue weighted by atomic mass is 10.1. The van der Waals surface area contributed by atoms with Gasteiger partial charge in [-0.15, -0.1) is 0 Å². The van der Waals surface area contributed by atoms with Crippen LogP contribution in [0.2, 0.25) is 0 Å². The number of nitrogens with zero attached hydrogens (tertiary/aromatic N) is 2. The van der Waals surface area contributed by atoms with Gasteiger partial charge in [0.05, 0.1) is 26.3 Å². The molecule has 3 aromatic rings. The minimum atomic E-state index is 0.454. The zero-order valence-electron chi connectivity index (χ0n) is 14.8. The molecule has 6 nitrogen and oxygen atoms in total. The number of hydrogen-bond donors (Lipinski definition) is 1. The van der Waals surface area contributed by atoms with Crippen molar-refractivity contribution < 1.29 is 14.0 Å². The lowest BCUT2D eigenvalue weighted by Crippen LogP contribution is -2.01. The van der Waals surface area contributed by atoms with Gasteiger partial charge in [0, 0.05) is 11.8 Å². The van der Waals surface area contributed by atoms with Gasteiger partial charge in [-0.25, -0.2) is 0 Å². The van der Waals surface area contributed by atoms with Crippen molar-refractivity contribution in [1.29, 1.82) is 0 Å². The van der Waals surface area contributed by atoms with E-state index in [1.54, 1.807) is 20.3 Å². The number of aromatic nitrogens is 2. The van der Waals surface area contributed by atoms with Crippen LogP contribution in [-0.4, -0.2) is 24.4 Å². The first-order chi connectivity index (χ1) is 12.1. The van der Waals surface area contributed by atoms with Crippen LogP contribution in [0.25, 0.3) is 11.4 Å². The molecule has 0 aliphatic rings. The van der Waals surface area contributed by atoms with E-state index in [-0.39, 0.29) is 0 Å². The van der Waals surface area contributed by atoms with Gasteiger partial charge < -0.3 is 19.3 Å². The molecule has 0 aliphatic heterocycles. The number of nitrogens with one attached hydrogen (secondary N) is 1. The molecule has 0 unspecified atom stereocenters. The van der Waals surface area contributed by atoms with Crippen molar-refractivity contribution in [3.8, 4) is 22.9 Å². The Hall–Kier alpha value is -3.02. The van der Waals surface area contributed by atoms with Gasteiger partial charge in [-0.3, -0.25) is 0 Å². The number of benzene rings is 2. The minimum Gasteiger partial charge on any atom is -0.497 e. The van der Waals surface area contributed by atoms with Gasteiger partial charge >= 0.3 is 0 Å². The van der Waals surface area contributed by atoms with Crippen LogP contribution in [0.4, 0.5) is 5.69 Å². The summed E-state index contributed by atoms with van der Waals surface area (Å²) in [5.74, 6) is 2.33. The first-order valence-electron chi connectivity index (χ1n) is 7.97. The number of ether oxygens (including phenoxy) is 2. The largest absolute Gasteiger partial charge is 0.497 e. The van der Waals surface area contributed by atoms with E-state index < -0.39 is 0 Å². The zero-order chi connectivity index (χ0) is 17.8. The molecule has 25 heavy (non-hydrogen) atoms. The number of hydrogen-bond acceptors (Lipinski definition) is 6. The molecule has 0 fully saturated rings. The Bertz CT molecular complexity index is 874. The summed E-state index contributed by atoms with van der Waals surface area (Å²) in [6, 6.07) is 11.7. The van der Waals surface area contributed by atoms with Crippen molar-refractivity contribution in [2.24, 2.45) is 0 Å². The Morgan fingerprint density at radius 1 is 1.04 bits per heavy atom. The first-order valence-corrected chi connectivity index (χ1v) is 7.97. The van der Waals surface area contributed by atoms with Crippen LogP contribution < -0.4 is 14.8 Å². The summed E-state index contributed by atoms with van der Waals surface area (Å²) >= 11 is 0. The molecule has 0 saturated heterocycles. The lowest BCUT2D eigenvalue weighted by Gasteiger charge is -2.08. The molecule has 2 aromatic carbocycles. The number of rotatable bonds is 6. The normalized spacial score (nSPS) is 10.6. The van der Waals surface area contributed by atoms with Crippen LogP contribution in [-0.2, 0) is 6.54 Å². The highest BCUT2D eigenvalue weighted by Crippen LogP contribution is 2.31. The van der Waals surface area contributed by atoms with Crippen molar-refractivity contribution in [1.82, 2.24) is 10.1 Å². The Morgan fingerprint density at radius 2 is 1.88 bits per heavy atom. The SMILES string of the molecule is COc1ccc(-c2noc(CNc3ccc(C)cc3C)n2)c(OC)c1. The molecule has 0 atom stereocenters. The van der Waals surface area contributed by atoms with Crippen LogP contribution in [0.3, 0.4) is 0 Å². The molecule has 130 valence electrons. The third-order valence-corrected chi connectivity index (χ3v) is 3.93. The number of aryl methyl sites for hydroxylation is 2. The van der Waals surface area contributed by atoms with Crippen LogP contribution in [0.5, 0.6) is 11.5 Å². The second-order valence-electron chi connectivity index (χ2n) is 5.75. The van der Waals surface area contributed by atoms with Gasteiger partial charge in [-0.1, -0.05) is 22.9 Å². The smallest absolute Gasteiger partial charge is 0.246 e. The molecular formula is C19H21N3O3. The van der Waals surface area contributed by atoms with Crippen molar-refractivity contribution in [2.75, 3.05) is 19.5 Å². The maximum Gasteiger partial charge on any atom is 0.246 e. The standard InChI is InChI=1S/C19H21N3O3/c1-12-5-8-16(13(2)9-12)20-11-18-21-19(22-25-18)15-7-6-14(23-3)10-17(15)24-4/h5-10,20H,11H2,1-4H3. The van der Waals surface area contributed by atoms with Gasteiger partial charge in [0.2, 0.25) is 11.7 Å². The van der Waals surface area contributed by atoms with E-state index in [1.807, 2.05) is 12.1 Å². The number of methoxy groups -OCH3 is 2. The van der Waals surface area contributed by atoms with Crippen LogP contribution >= 0.6 is 0 Å². The summed E-state index contributed by atoms with van der Waals surface area (Å²) in [6.07, 6.45) is 0.